The highest BCUT2D eigenvalue weighted by atomic mass is 16.6. The number of methoxy groups -OCH3 is 1. The molecular weight excluding hydrogens is 412 g/mol. The maximum atomic E-state index is 12.5. The van der Waals surface area contributed by atoms with Crippen LogP contribution in [0.5, 0.6) is 5.75 Å². The van der Waals surface area contributed by atoms with E-state index in [4.69, 9.17) is 14.2 Å². The van der Waals surface area contributed by atoms with E-state index in [1.54, 1.807) is 7.11 Å². The number of carbonyl (C=O) groups is 3. The van der Waals surface area contributed by atoms with E-state index >= 15 is 0 Å². The van der Waals surface area contributed by atoms with E-state index in [9.17, 15) is 14.4 Å². The van der Waals surface area contributed by atoms with Gasteiger partial charge in [-0.25, -0.2) is 9.59 Å². The van der Waals surface area contributed by atoms with Gasteiger partial charge in [0.15, 0.2) is 0 Å². The van der Waals surface area contributed by atoms with Crippen molar-refractivity contribution >= 4 is 23.7 Å². The van der Waals surface area contributed by atoms with Crippen LogP contribution in [0.25, 0.3) is 0 Å². The molecule has 8 heteroatoms. The molecule has 0 unspecified atom stereocenters. The Bertz CT molecular complexity index is 928. The monoisotopic (exact) mass is 446 g/mol. The number of fused-ring (bicyclic) bond motifs is 1. The summed E-state index contributed by atoms with van der Waals surface area (Å²) < 4.78 is 16.3. The Kier molecular flexibility index (Phi) is 8.30. The Labute approximate surface area is 189 Å². The van der Waals surface area contributed by atoms with Crippen molar-refractivity contribution in [2.45, 2.75) is 73.0 Å². The minimum absolute atomic E-state index is 0.144. The van der Waals surface area contributed by atoms with E-state index in [1.807, 2.05) is 47.6 Å². The van der Waals surface area contributed by atoms with Gasteiger partial charge in [-0.05, 0) is 59.9 Å². The molecule has 1 aliphatic rings. The van der Waals surface area contributed by atoms with E-state index in [-0.39, 0.29) is 19.0 Å². The second-order valence-corrected chi connectivity index (χ2v) is 8.77. The first kappa shape index (κ1) is 25.2. The maximum Gasteiger partial charge on any atom is 0.341 e. The predicted molar refractivity (Wildman–Crippen MR) is 122 cm³/mol. The smallest absolute Gasteiger partial charge is 0.341 e. The number of anilines is 1. The summed E-state index contributed by atoms with van der Waals surface area (Å²) in [7, 11) is 1.56. The van der Waals surface area contributed by atoms with Gasteiger partial charge < -0.3 is 24.8 Å². The SMILES string of the molecule is CCNC(=O)Nc1c(CC=C(C)CCC(=O)OC(C)(C)C)c(OC)c(C)c2c1C(=O)OC2. The van der Waals surface area contributed by atoms with Gasteiger partial charge >= 0.3 is 18.0 Å². The van der Waals surface area contributed by atoms with Crippen LogP contribution in [0.15, 0.2) is 11.6 Å². The molecule has 8 nitrogen and oxygen atoms in total. The van der Waals surface area contributed by atoms with Crippen LogP contribution < -0.4 is 15.4 Å². The molecule has 0 atom stereocenters. The fourth-order valence-corrected chi connectivity index (χ4v) is 3.58. The van der Waals surface area contributed by atoms with Crippen LogP contribution in [-0.4, -0.2) is 37.2 Å². The van der Waals surface area contributed by atoms with Crippen LogP contribution in [0.1, 0.15) is 74.5 Å². The molecule has 0 aliphatic carbocycles. The van der Waals surface area contributed by atoms with Crippen LogP contribution in [0, 0.1) is 6.92 Å². The highest BCUT2D eigenvalue weighted by molar-refractivity contribution is 6.05. The molecule has 0 radical (unpaired) electrons. The molecule has 2 N–H and O–H groups in total. The summed E-state index contributed by atoms with van der Waals surface area (Å²) in [6.07, 6.45) is 3.20. The van der Waals surface area contributed by atoms with Crippen molar-refractivity contribution in [2.24, 2.45) is 0 Å². The molecular formula is C24H34N2O6. The summed E-state index contributed by atoms with van der Waals surface area (Å²) in [4.78, 5) is 36.8. The fraction of sp³-hybridized carbons (Fsp3) is 0.542. The number of hydrogen-bond donors (Lipinski definition) is 2. The quantitative estimate of drug-likeness (QED) is 0.452. The lowest BCUT2D eigenvalue weighted by atomic mass is 9.93. The Morgan fingerprint density at radius 1 is 1.22 bits per heavy atom. The number of ether oxygens (including phenoxy) is 3. The first-order chi connectivity index (χ1) is 15.0. The van der Waals surface area contributed by atoms with E-state index < -0.39 is 17.6 Å². The molecule has 0 saturated carbocycles. The number of carbonyl (C=O) groups excluding carboxylic acids is 3. The van der Waals surface area contributed by atoms with Crippen LogP contribution in [-0.2, 0) is 27.3 Å². The molecule has 1 aromatic carbocycles. The van der Waals surface area contributed by atoms with Gasteiger partial charge in [-0.2, -0.15) is 0 Å². The van der Waals surface area contributed by atoms with Crippen molar-refractivity contribution in [3.8, 4) is 5.75 Å². The summed E-state index contributed by atoms with van der Waals surface area (Å²) >= 11 is 0. The summed E-state index contributed by atoms with van der Waals surface area (Å²) in [6.45, 7) is 11.7. The topological polar surface area (TPSA) is 103 Å². The third kappa shape index (κ3) is 6.24. The molecule has 2 rings (SSSR count). The average molecular weight is 447 g/mol. The van der Waals surface area contributed by atoms with Crippen molar-refractivity contribution in [1.29, 1.82) is 0 Å². The lowest BCUT2D eigenvalue weighted by molar-refractivity contribution is -0.154. The van der Waals surface area contributed by atoms with Crippen LogP contribution in [0.3, 0.4) is 0 Å². The molecule has 1 aliphatic heterocycles. The second-order valence-electron chi connectivity index (χ2n) is 8.77. The number of rotatable bonds is 8. The van der Waals surface area contributed by atoms with Gasteiger partial charge in [0.1, 0.15) is 18.0 Å². The van der Waals surface area contributed by atoms with Crippen molar-refractivity contribution < 1.29 is 28.6 Å². The zero-order valence-electron chi connectivity index (χ0n) is 20.1. The molecule has 0 saturated heterocycles. The number of hydrogen-bond acceptors (Lipinski definition) is 6. The highest BCUT2D eigenvalue weighted by Crippen LogP contribution is 2.41. The molecule has 1 heterocycles. The van der Waals surface area contributed by atoms with Gasteiger partial charge in [0.2, 0.25) is 0 Å². The van der Waals surface area contributed by atoms with Gasteiger partial charge in [0.05, 0.1) is 18.4 Å². The van der Waals surface area contributed by atoms with Gasteiger partial charge in [0.25, 0.3) is 0 Å². The Morgan fingerprint density at radius 2 is 1.91 bits per heavy atom. The Morgan fingerprint density at radius 3 is 2.50 bits per heavy atom. The largest absolute Gasteiger partial charge is 0.496 e. The van der Waals surface area contributed by atoms with E-state index in [0.717, 1.165) is 11.1 Å². The Balaban J connectivity index is 2.35. The van der Waals surface area contributed by atoms with Gasteiger partial charge in [-0.3, -0.25) is 4.79 Å². The van der Waals surface area contributed by atoms with Crippen LogP contribution in [0.4, 0.5) is 10.5 Å². The second kappa shape index (κ2) is 10.5. The zero-order valence-corrected chi connectivity index (χ0v) is 20.1. The van der Waals surface area contributed by atoms with Crippen LogP contribution in [0.2, 0.25) is 0 Å². The van der Waals surface area contributed by atoms with Gasteiger partial charge in [-0.15, -0.1) is 0 Å². The third-order valence-corrected chi connectivity index (χ3v) is 5.05. The molecule has 32 heavy (non-hydrogen) atoms. The molecule has 0 fully saturated rings. The number of benzene rings is 1. The number of allylic oxidation sites excluding steroid dienone is 2. The normalized spacial score (nSPS) is 13.3. The molecule has 176 valence electrons. The summed E-state index contributed by atoms with van der Waals surface area (Å²) in [5, 5.41) is 5.50. The van der Waals surface area contributed by atoms with Crippen molar-refractivity contribution in [2.75, 3.05) is 19.0 Å². The van der Waals surface area contributed by atoms with E-state index in [2.05, 4.69) is 10.6 Å². The Hall–Kier alpha value is -3.03. The number of esters is 2. The van der Waals surface area contributed by atoms with Crippen molar-refractivity contribution in [3.63, 3.8) is 0 Å². The van der Waals surface area contributed by atoms with Crippen LogP contribution >= 0.6 is 0 Å². The van der Waals surface area contributed by atoms with Crippen molar-refractivity contribution in [3.05, 3.63) is 33.9 Å². The van der Waals surface area contributed by atoms with Gasteiger partial charge in [0, 0.05) is 24.1 Å². The highest BCUT2D eigenvalue weighted by Gasteiger charge is 2.32. The number of nitrogens with one attached hydrogen (secondary N) is 2. The lowest BCUT2D eigenvalue weighted by Gasteiger charge is -2.20. The standard InChI is InChI=1S/C24H34N2O6/c1-8-25-23(29)26-20-16(11-9-14(2)10-12-18(27)32-24(4,5)6)21(30-7)15(3)17-13-31-22(28)19(17)20/h9H,8,10-13H2,1-7H3,(H2,25,26,29). The van der Waals surface area contributed by atoms with Crippen molar-refractivity contribution in [1.82, 2.24) is 5.32 Å². The molecule has 0 aromatic heterocycles. The minimum atomic E-state index is -0.516. The summed E-state index contributed by atoms with van der Waals surface area (Å²) in [5.74, 6) is -0.119. The first-order valence-electron chi connectivity index (χ1n) is 10.8. The number of amides is 2. The number of cyclic esters (lactones) is 1. The number of urea groups is 1. The van der Waals surface area contributed by atoms with E-state index in [1.165, 1.54) is 0 Å². The lowest BCUT2D eigenvalue weighted by Crippen LogP contribution is -2.29. The first-order valence-corrected chi connectivity index (χ1v) is 10.8. The summed E-state index contributed by atoms with van der Waals surface area (Å²) in [5.41, 5.74) is 3.44. The van der Waals surface area contributed by atoms with E-state index in [0.29, 0.717) is 47.5 Å². The third-order valence-electron chi connectivity index (χ3n) is 5.05. The predicted octanol–water partition coefficient (Wildman–Crippen LogP) is 4.43. The molecule has 1 aromatic rings. The maximum absolute atomic E-state index is 12.5. The summed E-state index contributed by atoms with van der Waals surface area (Å²) in [6, 6.07) is -0.410. The average Bonchev–Trinajstić information content (AvgIpc) is 3.08. The fourth-order valence-electron chi connectivity index (χ4n) is 3.58. The molecule has 0 spiro atoms. The molecule has 0 bridgehead atoms. The zero-order chi connectivity index (χ0) is 24.1. The van der Waals surface area contributed by atoms with Gasteiger partial charge in [-0.1, -0.05) is 11.6 Å². The molecule has 2 amide bonds. The minimum Gasteiger partial charge on any atom is -0.496 e.